The summed E-state index contributed by atoms with van der Waals surface area (Å²) in [7, 11) is -3.72. The second-order valence-electron chi connectivity index (χ2n) is 3.26. The average Bonchev–Trinajstić information content (AvgIpc) is 2.15. The summed E-state index contributed by atoms with van der Waals surface area (Å²) in [5.74, 6) is 0. The number of alkyl halides is 3. The topological polar surface area (TPSA) is 66.7 Å². The lowest BCUT2D eigenvalue weighted by molar-refractivity contribution is -0.137. The van der Waals surface area contributed by atoms with Gasteiger partial charge in [0.25, 0.3) is 0 Å². The van der Waals surface area contributed by atoms with Crippen molar-refractivity contribution in [2.45, 2.75) is 11.1 Å². The summed E-state index contributed by atoms with van der Waals surface area (Å²) in [5.41, 5.74) is -1.58. The Bertz CT molecular complexity index is 549. The summed E-state index contributed by atoms with van der Waals surface area (Å²) in [5, 5.41) is 10.7. The van der Waals surface area contributed by atoms with Crippen LogP contribution in [0, 0.1) is 0 Å². The second-order valence-corrected chi connectivity index (χ2v) is 5.28. The first-order valence-corrected chi connectivity index (χ1v) is 6.14. The molecule has 1 N–H and O–H groups in total. The minimum atomic E-state index is -4.72. The monoisotopic (exact) mass is 267 g/mol. The number of sulfone groups is 1. The van der Waals surface area contributed by atoms with E-state index in [2.05, 4.69) is 5.16 Å². The van der Waals surface area contributed by atoms with Gasteiger partial charge in [-0.2, -0.15) is 13.2 Å². The van der Waals surface area contributed by atoms with Gasteiger partial charge in [0.1, 0.15) is 0 Å². The molecule has 0 aliphatic heterocycles. The molecule has 0 saturated heterocycles. The van der Waals surface area contributed by atoms with Gasteiger partial charge in [-0.1, -0.05) is 11.2 Å². The van der Waals surface area contributed by atoms with E-state index >= 15 is 0 Å². The van der Waals surface area contributed by atoms with E-state index in [1.165, 1.54) is 0 Å². The highest BCUT2D eigenvalue weighted by atomic mass is 32.2. The summed E-state index contributed by atoms with van der Waals surface area (Å²) < 4.78 is 60.1. The quantitative estimate of drug-likeness (QED) is 0.505. The first-order valence-electron chi connectivity index (χ1n) is 4.25. The molecule has 0 saturated carbocycles. The first kappa shape index (κ1) is 13.5. The third kappa shape index (κ3) is 3.19. The van der Waals surface area contributed by atoms with Gasteiger partial charge in [0.2, 0.25) is 0 Å². The van der Waals surface area contributed by atoms with Crippen LogP contribution in [0.4, 0.5) is 13.2 Å². The number of halogens is 3. The highest BCUT2D eigenvalue weighted by Gasteiger charge is 2.34. The highest BCUT2D eigenvalue weighted by molar-refractivity contribution is 7.90. The zero-order valence-corrected chi connectivity index (χ0v) is 9.38. The molecule has 0 aromatic heterocycles. The Kier molecular flexibility index (Phi) is 3.46. The Labute approximate surface area is 95.3 Å². The van der Waals surface area contributed by atoms with Gasteiger partial charge in [-0.25, -0.2) is 8.42 Å². The predicted molar refractivity (Wildman–Crippen MR) is 53.9 cm³/mol. The number of hydrogen-bond donors (Lipinski definition) is 1. The van der Waals surface area contributed by atoms with Crippen molar-refractivity contribution < 1.29 is 26.8 Å². The molecular formula is C9H8F3NO3S. The molecule has 0 heterocycles. The van der Waals surface area contributed by atoms with Crippen LogP contribution in [-0.4, -0.2) is 26.1 Å². The van der Waals surface area contributed by atoms with E-state index in [0.717, 1.165) is 18.4 Å². The standard InChI is InChI=1S/C9H8F3NO3S/c1-17(15,16)7-3-2-6(5-13-14)8(4-7)9(10,11)12/h2-5,14H,1H3. The normalized spacial score (nSPS) is 13.2. The maximum absolute atomic E-state index is 12.6. The smallest absolute Gasteiger partial charge is 0.411 e. The lowest BCUT2D eigenvalue weighted by Gasteiger charge is -2.11. The third-order valence-electron chi connectivity index (χ3n) is 1.96. The van der Waals surface area contributed by atoms with Gasteiger partial charge in [0.05, 0.1) is 16.7 Å². The van der Waals surface area contributed by atoms with Crippen molar-refractivity contribution in [3.63, 3.8) is 0 Å². The van der Waals surface area contributed by atoms with Gasteiger partial charge in [-0.3, -0.25) is 0 Å². The Morgan fingerprint density at radius 1 is 1.35 bits per heavy atom. The molecule has 0 spiro atoms. The minimum absolute atomic E-state index is 0.410. The van der Waals surface area contributed by atoms with E-state index in [9.17, 15) is 21.6 Å². The maximum atomic E-state index is 12.6. The Morgan fingerprint density at radius 2 is 1.94 bits per heavy atom. The molecule has 1 rings (SSSR count). The molecule has 17 heavy (non-hydrogen) atoms. The van der Waals surface area contributed by atoms with Crippen LogP contribution >= 0.6 is 0 Å². The van der Waals surface area contributed by atoms with Crippen LogP contribution in [-0.2, 0) is 16.0 Å². The van der Waals surface area contributed by atoms with Crippen molar-refractivity contribution in [3.05, 3.63) is 29.3 Å². The van der Waals surface area contributed by atoms with Crippen molar-refractivity contribution in [2.24, 2.45) is 5.16 Å². The molecule has 0 radical (unpaired) electrons. The SMILES string of the molecule is CS(=O)(=O)c1ccc(C=NO)c(C(F)(F)F)c1. The summed E-state index contributed by atoms with van der Waals surface area (Å²) in [6, 6.07) is 2.45. The summed E-state index contributed by atoms with van der Waals surface area (Å²) >= 11 is 0. The number of oxime groups is 1. The van der Waals surface area contributed by atoms with E-state index in [4.69, 9.17) is 5.21 Å². The summed E-state index contributed by atoms with van der Waals surface area (Å²) in [6.07, 6.45) is -3.33. The fraction of sp³-hybridized carbons (Fsp3) is 0.222. The third-order valence-corrected chi connectivity index (χ3v) is 3.07. The minimum Gasteiger partial charge on any atom is -0.411 e. The van der Waals surface area contributed by atoms with Crippen molar-refractivity contribution >= 4 is 16.1 Å². The van der Waals surface area contributed by atoms with E-state index in [-0.39, 0.29) is 0 Å². The van der Waals surface area contributed by atoms with E-state index < -0.39 is 32.0 Å². The fourth-order valence-corrected chi connectivity index (χ4v) is 1.83. The van der Waals surface area contributed by atoms with Gasteiger partial charge in [0.15, 0.2) is 9.84 Å². The molecule has 0 unspecified atom stereocenters. The molecule has 0 aliphatic carbocycles. The molecule has 0 amide bonds. The van der Waals surface area contributed by atoms with Crippen LogP contribution < -0.4 is 0 Å². The van der Waals surface area contributed by atoms with Crippen LogP contribution in [0.2, 0.25) is 0 Å². The molecule has 0 aliphatic rings. The first-order chi connectivity index (χ1) is 7.66. The largest absolute Gasteiger partial charge is 0.417 e. The van der Waals surface area contributed by atoms with Crippen LogP contribution in [0.25, 0.3) is 0 Å². The molecular weight excluding hydrogens is 259 g/mol. The van der Waals surface area contributed by atoms with Crippen molar-refractivity contribution in [1.82, 2.24) is 0 Å². The summed E-state index contributed by atoms with van der Waals surface area (Å²) in [6.45, 7) is 0. The molecule has 94 valence electrons. The molecule has 0 atom stereocenters. The van der Waals surface area contributed by atoms with Crippen LogP contribution in [0.3, 0.4) is 0 Å². The lowest BCUT2D eigenvalue weighted by Crippen LogP contribution is -2.11. The zero-order valence-electron chi connectivity index (χ0n) is 8.56. The summed E-state index contributed by atoms with van der Waals surface area (Å²) in [4.78, 5) is -0.445. The van der Waals surface area contributed by atoms with Crippen LogP contribution in [0.15, 0.2) is 28.3 Å². The van der Waals surface area contributed by atoms with Crippen molar-refractivity contribution in [2.75, 3.05) is 6.26 Å². The number of rotatable bonds is 2. The van der Waals surface area contributed by atoms with E-state index in [0.29, 0.717) is 12.3 Å². The Balaban J connectivity index is 3.51. The van der Waals surface area contributed by atoms with Gasteiger partial charge in [0, 0.05) is 11.8 Å². The van der Waals surface area contributed by atoms with Gasteiger partial charge in [-0.05, 0) is 12.1 Å². The van der Waals surface area contributed by atoms with Crippen LogP contribution in [0.1, 0.15) is 11.1 Å². The van der Waals surface area contributed by atoms with E-state index in [1.807, 2.05) is 0 Å². The molecule has 4 nitrogen and oxygen atoms in total. The van der Waals surface area contributed by atoms with Gasteiger partial charge >= 0.3 is 6.18 Å². The molecule has 0 fully saturated rings. The number of nitrogens with zero attached hydrogens (tertiary/aromatic N) is 1. The van der Waals surface area contributed by atoms with Gasteiger partial charge < -0.3 is 5.21 Å². The molecule has 1 aromatic rings. The number of hydrogen-bond acceptors (Lipinski definition) is 4. The Morgan fingerprint density at radius 3 is 2.35 bits per heavy atom. The molecule has 8 heteroatoms. The second kappa shape index (κ2) is 4.36. The Hall–Kier alpha value is -1.57. The van der Waals surface area contributed by atoms with Crippen LogP contribution in [0.5, 0.6) is 0 Å². The van der Waals surface area contributed by atoms with Crippen molar-refractivity contribution in [3.8, 4) is 0 Å². The average molecular weight is 267 g/mol. The highest BCUT2D eigenvalue weighted by Crippen LogP contribution is 2.32. The fourth-order valence-electron chi connectivity index (χ4n) is 1.19. The maximum Gasteiger partial charge on any atom is 0.417 e. The van der Waals surface area contributed by atoms with E-state index in [1.54, 1.807) is 0 Å². The van der Waals surface area contributed by atoms with Crippen molar-refractivity contribution in [1.29, 1.82) is 0 Å². The molecule has 0 bridgehead atoms. The lowest BCUT2D eigenvalue weighted by atomic mass is 10.1. The number of benzene rings is 1. The zero-order chi connectivity index (χ0) is 13.3. The molecule has 1 aromatic carbocycles. The van der Waals surface area contributed by atoms with Gasteiger partial charge in [-0.15, -0.1) is 0 Å². The predicted octanol–water partition coefficient (Wildman–Crippen LogP) is 1.92.